The number of nitrogens with zero attached hydrogens (tertiary/aromatic N) is 3. The van der Waals surface area contributed by atoms with Crippen molar-refractivity contribution in [3.63, 3.8) is 0 Å². The molecule has 136 valence electrons. The molecule has 0 radical (unpaired) electrons. The number of carboxylic acids is 1. The van der Waals surface area contributed by atoms with Crippen LogP contribution in [0.2, 0.25) is 0 Å². The van der Waals surface area contributed by atoms with E-state index < -0.39 is 11.4 Å². The van der Waals surface area contributed by atoms with Gasteiger partial charge < -0.3 is 15.3 Å². The van der Waals surface area contributed by atoms with Crippen LogP contribution in [0.25, 0.3) is 5.69 Å². The lowest BCUT2D eigenvalue weighted by Crippen LogP contribution is -2.63. The highest BCUT2D eigenvalue weighted by Gasteiger charge is 2.51. The standard InChI is InChI=1S/C19H22N4O3/c24-17(14-4-1-5-15(12-14)23-10-3-9-21-23)22-11-6-16-19(13-22,18(25)26)7-2-8-20-16/h1,3-5,9-10,12,16,20H,2,6-8,11,13H2,(H,25,26)/t16-,19+/m1/s1. The van der Waals surface area contributed by atoms with Crippen LogP contribution in [0.3, 0.4) is 0 Å². The summed E-state index contributed by atoms with van der Waals surface area (Å²) in [5.74, 6) is -0.929. The van der Waals surface area contributed by atoms with Crippen LogP contribution in [0, 0.1) is 5.41 Å². The van der Waals surface area contributed by atoms with E-state index in [2.05, 4.69) is 10.4 Å². The minimum atomic E-state index is -0.883. The number of aliphatic carboxylic acids is 1. The third-order valence-electron chi connectivity index (χ3n) is 5.59. The molecule has 0 aliphatic carbocycles. The monoisotopic (exact) mass is 354 g/mol. The lowest BCUT2D eigenvalue weighted by molar-refractivity contribution is -0.156. The van der Waals surface area contributed by atoms with Crippen LogP contribution in [0.5, 0.6) is 0 Å². The van der Waals surface area contributed by atoms with Crippen molar-refractivity contribution in [3.8, 4) is 5.69 Å². The van der Waals surface area contributed by atoms with E-state index in [4.69, 9.17) is 0 Å². The largest absolute Gasteiger partial charge is 0.481 e. The smallest absolute Gasteiger partial charge is 0.313 e. The number of rotatable bonds is 3. The van der Waals surface area contributed by atoms with Crippen molar-refractivity contribution in [2.24, 2.45) is 5.41 Å². The second-order valence-corrected chi connectivity index (χ2v) is 7.09. The molecule has 2 saturated heterocycles. The summed E-state index contributed by atoms with van der Waals surface area (Å²) < 4.78 is 1.70. The number of aromatic nitrogens is 2. The predicted molar refractivity (Wildman–Crippen MR) is 95.2 cm³/mol. The third kappa shape index (κ3) is 2.78. The van der Waals surface area contributed by atoms with Crippen molar-refractivity contribution in [1.82, 2.24) is 20.0 Å². The van der Waals surface area contributed by atoms with E-state index in [0.29, 0.717) is 24.9 Å². The van der Waals surface area contributed by atoms with E-state index in [9.17, 15) is 14.7 Å². The molecule has 2 aliphatic heterocycles. The number of piperidine rings is 2. The first kappa shape index (κ1) is 16.8. The Morgan fingerprint density at radius 2 is 2.19 bits per heavy atom. The molecule has 4 rings (SSSR count). The van der Waals surface area contributed by atoms with Crippen molar-refractivity contribution >= 4 is 11.9 Å². The molecular formula is C19H22N4O3. The van der Waals surface area contributed by atoms with Crippen molar-refractivity contribution in [2.45, 2.75) is 25.3 Å². The Kier molecular flexibility index (Phi) is 4.24. The molecule has 2 aromatic rings. The van der Waals surface area contributed by atoms with Crippen LogP contribution in [0.1, 0.15) is 29.6 Å². The Labute approximate surface area is 151 Å². The van der Waals surface area contributed by atoms with Gasteiger partial charge in [0.15, 0.2) is 0 Å². The molecule has 2 aliphatic rings. The maximum Gasteiger partial charge on any atom is 0.313 e. The fourth-order valence-electron chi connectivity index (χ4n) is 4.20. The summed E-state index contributed by atoms with van der Waals surface area (Å²) in [5.41, 5.74) is 0.481. The Morgan fingerprint density at radius 3 is 2.96 bits per heavy atom. The number of fused-ring (bicyclic) bond motifs is 1. The van der Waals surface area contributed by atoms with Crippen molar-refractivity contribution < 1.29 is 14.7 Å². The van der Waals surface area contributed by atoms with Gasteiger partial charge in [0.1, 0.15) is 5.41 Å². The van der Waals surface area contributed by atoms with Crippen molar-refractivity contribution in [3.05, 3.63) is 48.3 Å². The first-order valence-corrected chi connectivity index (χ1v) is 8.96. The summed E-state index contributed by atoms with van der Waals surface area (Å²) in [5, 5.41) is 17.4. The normalized spacial score (nSPS) is 25.5. The Bertz CT molecular complexity index is 820. The summed E-state index contributed by atoms with van der Waals surface area (Å²) in [6.07, 6.45) is 5.60. The van der Waals surface area contributed by atoms with Gasteiger partial charge in [-0.05, 0) is 50.1 Å². The van der Waals surface area contributed by atoms with Gasteiger partial charge in [0.05, 0.1) is 5.69 Å². The SMILES string of the molecule is O=C(c1cccc(-n2cccn2)c1)N1CC[C@H]2NCCC[C@]2(C(=O)O)C1. The Morgan fingerprint density at radius 1 is 1.31 bits per heavy atom. The first-order chi connectivity index (χ1) is 12.6. The zero-order valence-electron chi connectivity index (χ0n) is 14.5. The quantitative estimate of drug-likeness (QED) is 0.873. The molecule has 2 atom stereocenters. The molecule has 0 spiro atoms. The number of hydrogen-bond acceptors (Lipinski definition) is 4. The second-order valence-electron chi connectivity index (χ2n) is 7.09. The number of carbonyl (C=O) groups excluding carboxylic acids is 1. The summed E-state index contributed by atoms with van der Waals surface area (Å²) in [4.78, 5) is 26.8. The summed E-state index contributed by atoms with van der Waals surface area (Å²) in [7, 11) is 0. The van der Waals surface area contributed by atoms with Crippen LogP contribution in [0.4, 0.5) is 0 Å². The maximum absolute atomic E-state index is 13.0. The van der Waals surface area contributed by atoms with Gasteiger partial charge in [0, 0.05) is 37.1 Å². The highest BCUT2D eigenvalue weighted by atomic mass is 16.4. The number of nitrogens with one attached hydrogen (secondary N) is 1. The van der Waals surface area contributed by atoms with Gasteiger partial charge in [-0.1, -0.05) is 6.07 Å². The number of carbonyl (C=O) groups is 2. The number of amides is 1. The molecular weight excluding hydrogens is 332 g/mol. The molecule has 2 N–H and O–H groups in total. The zero-order valence-corrected chi connectivity index (χ0v) is 14.5. The maximum atomic E-state index is 13.0. The molecule has 2 fully saturated rings. The van der Waals surface area contributed by atoms with E-state index in [0.717, 1.165) is 18.7 Å². The first-order valence-electron chi connectivity index (χ1n) is 8.96. The topological polar surface area (TPSA) is 87.5 Å². The molecule has 26 heavy (non-hydrogen) atoms. The van der Waals surface area contributed by atoms with Crippen LogP contribution in [-0.4, -0.2) is 57.3 Å². The van der Waals surface area contributed by atoms with E-state index >= 15 is 0 Å². The molecule has 0 unspecified atom stereocenters. The Hall–Kier alpha value is -2.67. The molecule has 1 aromatic carbocycles. The molecule has 0 bridgehead atoms. The number of benzene rings is 1. The Balaban J connectivity index is 1.59. The summed E-state index contributed by atoms with van der Waals surface area (Å²) >= 11 is 0. The highest BCUT2D eigenvalue weighted by Crippen LogP contribution is 2.38. The molecule has 7 nitrogen and oxygen atoms in total. The van der Waals surface area contributed by atoms with Gasteiger partial charge in [-0.2, -0.15) is 5.10 Å². The van der Waals surface area contributed by atoms with Gasteiger partial charge in [0.25, 0.3) is 5.91 Å². The fraction of sp³-hybridized carbons (Fsp3) is 0.421. The average Bonchev–Trinajstić information content (AvgIpc) is 3.22. The van der Waals surface area contributed by atoms with Gasteiger partial charge in [-0.25, -0.2) is 4.68 Å². The van der Waals surface area contributed by atoms with Gasteiger partial charge in [-0.15, -0.1) is 0 Å². The zero-order chi connectivity index (χ0) is 18.1. The summed E-state index contributed by atoms with van der Waals surface area (Å²) in [6.45, 7) is 1.67. The van der Waals surface area contributed by atoms with Gasteiger partial charge >= 0.3 is 5.97 Å². The predicted octanol–water partition coefficient (Wildman–Crippen LogP) is 1.54. The molecule has 7 heteroatoms. The minimum absolute atomic E-state index is 0.0618. The van der Waals surface area contributed by atoms with E-state index in [-0.39, 0.29) is 18.5 Å². The van der Waals surface area contributed by atoms with Gasteiger partial charge in [-0.3, -0.25) is 9.59 Å². The molecule has 0 saturated carbocycles. The van der Waals surface area contributed by atoms with E-state index in [1.807, 2.05) is 24.4 Å². The molecule has 1 amide bonds. The lowest BCUT2D eigenvalue weighted by Gasteiger charge is -2.48. The van der Waals surface area contributed by atoms with E-state index in [1.165, 1.54) is 0 Å². The summed E-state index contributed by atoms with van der Waals surface area (Å²) in [6, 6.07) is 9.05. The third-order valence-corrected chi connectivity index (χ3v) is 5.59. The number of carboxylic acid groups (broad SMARTS) is 1. The second kappa shape index (κ2) is 6.57. The van der Waals surface area contributed by atoms with Crippen LogP contribution in [0.15, 0.2) is 42.7 Å². The van der Waals surface area contributed by atoms with Crippen LogP contribution in [-0.2, 0) is 4.79 Å². The van der Waals surface area contributed by atoms with Crippen molar-refractivity contribution in [2.75, 3.05) is 19.6 Å². The molecule has 3 heterocycles. The minimum Gasteiger partial charge on any atom is -0.481 e. The van der Waals surface area contributed by atoms with Crippen LogP contribution >= 0.6 is 0 Å². The number of hydrogen-bond donors (Lipinski definition) is 2. The average molecular weight is 354 g/mol. The highest BCUT2D eigenvalue weighted by molar-refractivity contribution is 5.95. The van der Waals surface area contributed by atoms with Crippen LogP contribution < -0.4 is 5.32 Å². The van der Waals surface area contributed by atoms with E-state index in [1.54, 1.807) is 27.9 Å². The fourth-order valence-corrected chi connectivity index (χ4v) is 4.20. The molecule has 1 aromatic heterocycles. The van der Waals surface area contributed by atoms with Gasteiger partial charge in [0.2, 0.25) is 0 Å². The lowest BCUT2D eigenvalue weighted by atomic mass is 9.70. The number of likely N-dealkylation sites (tertiary alicyclic amines) is 1. The van der Waals surface area contributed by atoms with Crippen molar-refractivity contribution in [1.29, 1.82) is 0 Å².